The smallest absolute Gasteiger partial charge is 0.279 e. The fourth-order valence-corrected chi connectivity index (χ4v) is 2.32. The van der Waals surface area contributed by atoms with Gasteiger partial charge in [0.1, 0.15) is 0 Å². The van der Waals surface area contributed by atoms with Crippen LogP contribution >= 0.6 is 11.8 Å². The van der Waals surface area contributed by atoms with Crippen molar-refractivity contribution in [1.29, 1.82) is 0 Å². The monoisotopic (exact) mass is 306 g/mol. The van der Waals surface area contributed by atoms with Gasteiger partial charge in [0.2, 0.25) is 0 Å². The number of thioether (sulfide) groups is 1. The molecule has 1 aromatic carbocycles. The Morgan fingerprint density at radius 1 is 1.29 bits per heavy atom. The number of terminal acetylenes is 1. The zero-order chi connectivity index (χ0) is 15.7. The number of rotatable bonds is 7. The first kappa shape index (κ1) is 17.1. The molecule has 0 radical (unpaired) electrons. The maximum atomic E-state index is 12.0. The first-order valence-corrected chi connectivity index (χ1v) is 7.73. The average molecular weight is 306 g/mol. The molecule has 0 aliphatic rings. The number of likely N-dealkylation sites (N-methyl/N-ethyl adjacent to an activating group) is 1. The lowest BCUT2D eigenvalue weighted by atomic mass is 10.3. The van der Waals surface area contributed by atoms with Crippen molar-refractivity contribution in [3.63, 3.8) is 0 Å². The fourth-order valence-electron chi connectivity index (χ4n) is 1.77. The molecule has 3 N–H and O–H groups in total. The van der Waals surface area contributed by atoms with Gasteiger partial charge in [-0.25, -0.2) is 0 Å². The van der Waals surface area contributed by atoms with Gasteiger partial charge in [0.15, 0.2) is 13.1 Å². The van der Waals surface area contributed by atoms with Crippen LogP contribution < -0.4 is 15.5 Å². The van der Waals surface area contributed by atoms with Gasteiger partial charge < -0.3 is 15.5 Å². The van der Waals surface area contributed by atoms with Crippen molar-refractivity contribution in [3.05, 3.63) is 24.3 Å². The predicted octanol–water partition coefficient (Wildman–Crippen LogP) is -0.389. The third kappa shape index (κ3) is 6.34. The van der Waals surface area contributed by atoms with Gasteiger partial charge in [-0.05, 0) is 18.4 Å². The molecule has 1 aromatic rings. The molecule has 21 heavy (non-hydrogen) atoms. The van der Waals surface area contributed by atoms with E-state index in [1.54, 1.807) is 18.8 Å². The second kappa shape index (κ2) is 9.06. The fraction of sp³-hybridized carbons (Fsp3) is 0.333. The topological polar surface area (TPSA) is 62.6 Å². The molecule has 0 saturated heterocycles. The number of hydrogen-bond donors (Lipinski definition) is 3. The van der Waals surface area contributed by atoms with E-state index in [1.807, 2.05) is 30.5 Å². The number of carbonyl (C=O) groups excluding carboxylic acids is 2. The van der Waals surface area contributed by atoms with E-state index < -0.39 is 0 Å². The van der Waals surface area contributed by atoms with E-state index in [0.29, 0.717) is 0 Å². The Balaban J connectivity index is 2.46. The van der Waals surface area contributed by atoms with E-state index in [1.165, 1.54) is 0 Å². The van der Waals surface area contributed by atoms with Crippen molar-refractivity contribution < 1.29 is 14.5 Å². The molecular weight excluding hydrogens is 286 g/mol. The van der Waals surface area contributed by atoms with Crippen molar-refractivity contribution >= 4 is 29.3 Å². The molecule has 0 saturated carbocycles. The summed E-state index contributed by atoms with van der Waals surface area (Å²) >= 11 is 1.57. The van der Waals surface area contributed by atoms with Crippen LogP contribution in [-0.4, -0.2) is 44.8 Å². The van der Waals surface area contributed by atoms with Crippen LogP contribution in [-0.2, 0) is 9.59 Å². The van der Waals surface area contributed by atoms with E-state index >= 15 is 0 Å². The molecule has 1 unspecified atom stereocenters. The summed E-state index contributed by atoms with van der Waals surface area (Å²) in [4.78, 5) is 25.3. The highest BCUT2D eigenvalue weighted by Gasteiger charge is 2.14. The highest BCUT2D eigenvalue weighted by Crippen LogP contribution is 2.24. The van der Waals surface area contributed by atoms with Crippen LogP contribution in [0.5, 0.6) is 0 Å². The highest BCUT2D eigenvalue weighted by molar-refractivity contribution is 7.98. The molecule has 112 valence electrons. The third-order valence-corrected chi connectivity index (χ3v) is 3.49. The lowest BCUT2D eigenvalue weighted by molar-refractivity contribution is -0.862. The van der Waals surface area contributed by atoms with Gasteiger partial charge in [0.05, 0.1) is 19.3 Å². The van der Waals surface area contributed by atoms with Crippen LogP contribution in [0.3, 0.4) is 0 Å². The zero-order valence-electron chi connectivity index (χ0n) is 12.2. The Morgan fingerprint density at radius 3 is 2.62 bits per heavy atom. The lowest BCUT2D eigenvalue weighted by Crippen LogP contribution is -3.11. The molecule has 1 rings (SSSR count). The summed E-state index contributed by atoms with van der Waals surface area (Å²) in [6.07, 6.45) is 7.02. The first-order chi connectivity index (χ1) is 10.1. The van der Waals surface area contributed by atoms with Crippen molar-refractivity contribution in [3.8, 4) is 12.3 Å². The molecule has 2 amide bonds. The third-order valence-electron chi connectivity index (χ3n) is 2.69. The van der Waals surface area contributed by atoms with Gasteiger partial charge in [-0.15, -0.1) is 18.2 Å². The maximum absolute atomic E-state index is 12.0. The first-order valence-electron chi connectivity index (χ1n) is 6.51. The number of anilines is 1. The molecule has 0 heterocycles. The van der Waals surface area contributed by atoms with Gasteiger partial charge >= 0.3 is 0 Å². The van der Waals surface area contributed by atoms with E-state index in [2.05, 4.69) is 16.6 Å². The highest BCUT2D eigenvalue weighted by atomic mass is 32.2. The number of benzene rings is 1. The molecule has 0 spiro atoms. The molecule has 1 atom stereocenters. The molecule has 0 aliphatic heterocycles. The van der Waals surface area contributed by atoms with E-state index in [4.69, 9.17) is 6.42 Å². The molecule has 0 bridgehead atoms. The van der Waals surface area contributed by atoms with Gasteiger partial charge in [-0.2, -0.15) is 0 Å². The summed E-state index contributed by atoms with van der Waals surface area (Å²) in [7, 11) is 1.79. The second-order valence-corrected chi connectivity index (χ2v) is 5.39. The van der Waals surface area contributed by atoms with Gasteiger partial charge in [-0.1, -0.05) is 18.1 Å². The minimum absolute atomic E-state index is 0.126. The minimum Gasteiger partial charge on any atom is -0.340 e. The second-order valence-electron chi connectivity index (χ2n) is 4.54. The molecule has 0 fully saturated rings. The Morgan fingerprint density at radius 2 is 1.95 bits per heavy atom. The van der Waals surface area contributed by atoms with Gasteiger partial charge in [0, 0.05) is 4.90 Å². The van der Waals surface area contributed by atoms with Gasteiger partial charge in [0.25, 0.3) is 11.8 Å². The zero-order valence-corrected chi connectivity index (χ0v) is 13.0. The van der Waals surface area contributed by atoms with Crippen LogP contribution in [0.25, 0.3) is 0 Å². The maximum Gasteiger partial charge on any atom is 0.279 e. The summed E-state index contributed by atoms with van der Waals surface area (Å²) < 4.78 is 0. The van der Waals surface area contributed by atoms with Crippen LogP contribution in [0.15, 0.2) is 29.2 Å². The minimum atomic E-state index is -0.164. The van der Waals surface area contributed by atoms with Crippen LogP contribution in [0.4, 0.5) is 5.69 Å². The number of quaternary nitrogens is 1. The Bertz CT molecular complexity index is 540. The van der Waals surface area contributed by atoms with E-state index in [9.17, 15) is 9.59 Å². The summed E-state index contributed by atoms with van der Waals surface area (Å²) in [5.74, 6) is 2.04. The Hall–Kier alpha value is -1.97. The quantitative estimate of drug-likeness (QED) is 0.475. The number of nitrogens with one attached hydrogen (secondary N) is 3. The van der Waals surface area contributed by atoms with E-state index in [-0.39, 0.29) is 31.4 Å². The standard InChI is InChI=1S/C15H19N3O2S/c1-4-9-16-14(19)10-18(2)11-15(20)17-12-7-5-6-8-13(12)21-3/h1,5-8H,9-11H2,2-3H3,(H,16,19)(H,17,20)/p+1. The molecule has 6 heteroatoms. The summed E-state index contributed by atoms with van der Waals surface area (Å²) in [5, 5.41) is 5.44. The van der Waals surface area contributed by atoms with Crippen LogP contribution in [0.1, 0.15) is 0 Å². The van der Waals surface area contributed by atoms with Crippen molar-refractivity contribution in [1.82, 2.24) is 5.32 Å². The van der Waals surface area contributed by atoms with Crippen molar-refractivity contribution in [2.75, 3.05) is 38.3 Å². The molecular formula is C15H20N3O2S+. The van der Waals surface area contributed by atoms with Crippen molar-refractivity contribution in [2.24, 2.45) is 0 Å². The number of hydrogen-bond acceptors (Lipinski definition) is 3. The summed E-state index contributed by atoms with van der Waals surface area (Å²) in [5.41, 5.74) is 0.791. The molecule has 5 nitrogen and oxygen atoms in total. The Labute approximate surface area is 129 Å². The number of para-hydroxylation sites is 1. The summed E-state index contributed by atoms with van der Waals surface area (Å²) in [6.45, 7) is 0.630. The summed E-state index contributed by atoms with van der Waals surface area (Å²) in [6, 6.07) is 7.61. The van der Waals surface area contributed by atoms with Crippen molar-refractivity contribution in [2.45, 2.75) is 4.90 Å². The lowest BCUT2D eigenvalue weighted by Gasteiger charge is -2.14. The van der Waals surface area contributed by atoms with Crippen LogP contribution in [0, 0.1) is 12.3 Å². The largest absolute Gasteiger partial charge is 0.340 e. The number of amides is 2. The van der Waals surface area contributed by atoms with E-state index in [0.717, 1.165) is 15.5 Å². The SMILES string of the molecule is C#CCNC(=O)C[NH+](C)CC(=O)Nc1ccccc1SC. The van der Waals surface area contributed by atoms with Gasteiger partial charge in [-0.3, -0.25) is 9.59 Å². The predicted molar refractivity (Wildman–Crippen MR) is 85.3 cm³/mol. The molecule has 0 aromatic heterocycles. The Kier molecular flexibility index (Phi) is 7.37. The van der Waals surface area contributed by atoms with Crippen LogP contribution in [0.2, 0.25) is 0 Å². The number of carbonyl (C=O) groups is 2. The average Bonchev–Trinajstić information content (AvgIpc) is 2.45. The molecule has 0 aliphatic carbocycles. The normalized spacial score (nSPS) is 11.3.